The fraction of sp³-hybridized carbons (Fsp3) is 0.0667. The first kappa shape index (κ1) is 16.7. The molecule has 0 bridgehead atoms. The van der Waals surface area contributed by atoms with Crippen molar-refractivity contribution in [1.29, 1.82) is 0 Å². The molecule has 0 aliphatic heterocycles. The Balaban J connectivity index is 2.37. The van der Waals surface area contributed by atoms with Crippen LogP contribution in [-0.4, -0.2) is 11.6 Å². The van der Waals surface area contributed by atoms with Crippen molar-refractivity contribution in [2.24, 2.45) is 0 Å². The van der Waals surface area contributed by atoms with Crippen molar-refractivity contribution in [2.45, 2.75) is 6.42 Å². The molecule has 2 rings (SSSR count). The summed E-state index contributed by atoms with van der Waals surface area (Å²) in [6, 6.07) is 1.77. The summed E-state index contributed by atoms with van der Waals surface area (Å²) in [6.07, 6.45) is -1.37. The number of hydrogen-bond donors (Lipinski definition) is 0. The zero-order valence-corrected chi connectivity index (χ0v) is 11.1. The maximum atomic E-state index is 13.4. The molecule has 0 heterocycles. The van der Waals surface area contributed by atoms with Crippen molar-refractivity contribution in [2.75, 3.05) is 0 Å². The average Bonchev–Trinajstić information content (AvgIpc) is 2.47. The summed E-state index contributed by atoms with van der Waals surface area (Å²) in [5.41, 5.74) is -2.70. The highest BCUT2D eigenvalue weighted by atomic mass is 19.2. The highest BCUT2D eigenvalue weighted by Gasteiger charge is 2.27. The van der Waals surface area contributed by atoms with Gasteiger partial charge in [-0.15, -0.1) is 0 Å². The van der Waals surface area contributed by atoms with Gasteiger partial charge in [-0.05, 0) is 24.3 Å². The molecule has 23 heavy (non-hydrogen) atoms. The topological polar surface area (TPSA) is 34.1 Å². The molecule has 8 heteroatoms. The lowest BCUT2D eigenvalue weighted by atomic mass is 9.99. The molecule has 120 valence electrons. The normalized spacial score (nSPS) is 10.7. The molecule has 0 amide bonds. The highest BCUT2D eigenvalue weighted by Crippen LogP contribution is 2.21. The zero-order chi connectivity index (χ0) is 17.3. The van der Waals surface area contributed by atoms with Crippen molar-refractivity contribution in [1.82, 2.24) is 0 Å². The molecular weight excluding hydrogens is 326 g/mol. The van der Waals surface area contributed by atoms with E-state index in [0.717, 1.165) is 0 Å². The third-order valence-electron chi connectivity index (χ3n) is 2.97. The van der Waals surface area contributed by atoms with Crippen LogP contribution in [0.2, 0.25) is 0 Å². The van der Waals surface area contributed by atoms with Crippen LogP contribution in [0.5, 0.6) is 0 Å². The van der Waals surface area contributed by atoms with Crippen LogP contribution in [0.15, 0.2) is 24.3 Å². The molecule has 0 atom stereocenters. The number of ketones is 2. The molecule has 0 spiro atoms. The summed E-state index contributed by atoms with van der Waals surface area (Å²) < 4.78 is 79.7. The van der Waals surface area contributed by atoms with Crippen LogP contribution in [-0.2, 0) is 0 Å². The van der Waals surface area contributed by atoms with E-state index in [4.69, 9.17) is 0 Å². The molecule has 2 aromatic rings. The molecule has 0 radical (unpaired) electrons. The smallest absolute Gasteiger partial charge is 0.176 e. The van der Waals surface area contributed by atoms with Gasteiger partial charge < -0.3 is 0 Å². The first-order valence-corrected chi connectivity index (χ1v) is 6.07. The maximum Gasteiger partial charge on any atom is 0.176 e. The van der Waals surface area contributed by atoms with Gasteiger partial charge in [-0.25, -0.2) is 26.3 Å². The van der Waals surface area contributed by atoms with Crippen molar-refractivity contribution in [3.05, 3.63) is 70.3 Å². The van der Waals surface area contributed by atoms with E-state index in [9.17, 15) is 35.9 Å². The molecule has 0 N–H and O–H groups in total. The summed E-state index contributed by atoms with van der Waals surface area (Å²) in [5, 5.41) is 0. The Morgan fingerprint density at radius 3 is 1.26 bits per heavy atom. The number of hydrogen-bond acceptors (Lipinski definition) is 2. The number of carbonyl (C=O) groups is 2. The highest BCUT2D eigenvalue weighted by molar-refractivity contribution is 6.13. The van der Waals surface area contributed by atoms with E-state index >= 15 is 0 Å². The molecule has 2 aromatic carbocycles. The summed E-state index contributed by atoms with van der Waals surface area (Å²) in [7, 11) is 0. The molecule has 0 saturated carbocycles. The quantitative estimate of drug-likeness (QED) is 0.367. The van der Waals surface area contributed by atoms with E-state index in [2.05, 4.69) is 0 Å². The van der Waals surface area contributed by atoms with Gasteiger partial charge in [0.25, 0.3) is 0 Å². The van der Waals surface area contributed by atoms with Crippen LogP contribution in [0, 0.1) is 34.9 Å². The van der Waals surface area contributed by atoms with Crippen LogP contribution in [0.25, 0.3) is 0 Å². The van der Waals surface area contributed by atoms with Gasteiger partial charge in [0.15, 0.2) is 34.8 Å². The van der Waals surface area contributed by atoms with E-state index in [0.29, 0.717) is 24.3 Å². The van der Waals surface area contributed by atoms with Crippen LogP contribution in [0.4, 0.5) is 26.3 Å². The van der Waals surface area contributed by atoms with Gasteiger partial charge in [0.05, 0.1) is 17.5 Å². The van der Waals surface area contributed by atoms with Gasteiger partial charge >= 0.3 is 0 Å². The molecule has 0 aliphatic carbocycles. The van der Waals surface area contributed by atoms with Crippen molar-refractivity contribution >= 4 is 11.6 Å². The summed E-state index contributed by atoms with van der Waals surface area (Å²) in [4.78, 5) is 23.4. The third kappa shape index (κ3) is 3.10. The molecule has 0 unspecified atom stereocenters. The van der Waals surface area contributed by atoms with Crippen LogP contribution in [0.3, 0.4) is 0 Å². The van der Waals surface area contributed by atoms with Crippen molar-refractivity contribution in [3.8, 4) is 0 Å². The van der Waals surface area contributed by atoms with Gasteiger partial charge in [0.2, 0.25) is 0 Å². The van der Waals surface area contributed by atoms with Gasteiger partial charge in [-0.3, -0.25) is 9.59 Å². The zero-order valence-electron chi connectivity index (χ0n) is 11.1. The second-order valence-electron chi connectivity index (χ2n) is 4.46. The summed E-state index contributed by atoms with van der Waals surface area (Å²) >= 11 is 0. The lowest BCUT2D eigenvalue weighted by Gasteiger charge is -2.06. The summed E-state index contributed by atoms with van der Waals surface area (Å²) in [6.45, 7) is 0. The summed E-state index contributed by atoms with van der Waals surface area (Å²) in [5.74, 6) is -12.7. The fourth-order valence-electron chi connectivity index (χ4n) is 1.89. The fourth-order valence-corrected chi connectivity index (χ4v) is 1.89. The average molecular weight is 332 g/mol. The molecule has 0 aromatic heterocycles. The molecule has 0 fully saturated rings. The first-order valence-electron chi connectivity index (χ1n) is 6.07. The first-order chi connectivity index (χ1) is 10.7. The Kier molecular flexibility index (Phi) is 4.53. The van der Waals surface area contributed by atoms with Gasteiger partial charge in [0, 0.05) is 0 Å². The van der Waals surface area contributed by atoms with Gasteiger partial charge in [-0.1, -0.05) is 0 Å². The van der Waals surface area contributed by atoms with Crippen LogP contribution >= 0.6 is 0 Å². The Labute approximate surface area is 125 Å². The van der Waals surface area contributed by atoms with E-state index in [1.54, 1.807) is 0 Å². The molecule has 2 nitrogen and oxygen atoms in total. The van der Waals surface area contributed by atoms with E-state index in [1.165, 1.54) is 0 Å². The van der Waals surface area contributed by atoms with Gasteiger partial charge in [-0.2, -0.15) is 0 Å². The number of carbonyl (C=O) groups excluding carboxylic acids is 2. The maximum absolute atomic E-state index is 13.4. The largest absolute Gasteiger partial charge is 0.293 e. The Hall–Kier alpha value is -2.64. The minimum atomic E-state index is -1.83. The standard InChI is InChI=1S/C15H6F6O2/c16-6-1-3-8(18)14(20)12(6)10(22)5-11(23)13-7(17)2-4-9(19)15(13)21/h1-4H,5H2. The molecule has 0 aliphatic rings. The third-order valence-corrected chi connectivity index (χ3v) is 2.97. The predicted molar refractivity (Wildman–Crippen MR) is 65.9 cm³/mol. The van der Waals surface area contributed by atoms with E-state index in [1.807, 2.05) is 0 Å². The van der Waals surface area contributed by atoms with Crippen molar-refractivity contribution < 1.29 is 35.9 Å². The predicted octanol–water partition coefficient (Wildman–Crippen LogP) is 3.98. The van der Waals surface area contributed by atoms with Crippen LogP contribution < -0.4 is 0 Å². The second kappa shape index (κ2) is 6.23. The number of benzene rings is 2. The molecular formula is C15H6F6O2. The molecule has 0 saturated heterocycles. The van der Waals surface area contributed by atoms with E-state index < -0.39 is 64.0 Å². The van der Waals surface area contributed by atoms with E-state index in [-0.39, 0.29) is 0 Å². The lowest BCUT2D eigenvalue weighted by molar-refractivity contribution is 0.0884. The second-order valence-corrected chi connectivity index (χ2v) is 4.46. The minimum absolute atomic E-state index is 0.426. The van der Waals surface area contributed by atoms with Gasteiger partial charge in [0.1, 0.15) is 11.6 Å². The Morgan fingerprint density at radius 1 is 0.609 bits per heavy atom. The number of Topliss-reactive ketones (excluding diaryl/α,β-unsaturated/α-hetero) is 2. The lowest BCUT2D eigenvalue weighted by Crippen LogP contribution is -2.16. The Bertz CT molecular complexity index is 749. The number of halogens is 6. The van der Waals surface area contributed by atoms with Crippen LogP contribution in [0.1, 0.15) is 27.1 Å². The minimum Gasteiger partial charge on any atom is -0.293 e. The van der Waals surface area contributed by atoms with Crippen molar-refractivity contribution in [3.63, 3.8) is 0 Å². The SMILES string of the molecule is O=C(CC(=O)c1c(F)ccc(F)c1F)c1c(F)ccc(F)c1F. The number of rotatable bonds is 4. The monoisotopic (exact) mass is 332 g/mol. The Morgan fingerprint density at radius 2 is 0.913 bits per heavy atom.